The topological polar surface area (TPSA) is 35.2 Å². The molecule has 2 aromatic rings. The zero-order valence-corrected chi connectivity index (χ0v) is 12.8. The minimum Gasteiger partial charge on any atom is -0.494 e. The van der Waals surface area contributed by atoms with Crippen molar-refractivity contribution in [2.24, 2.45) is 5.73 Å². The predicted molar refractivity (Wildman–Crippen MR) is 88.7 cm³/mol. The number of benzene rings is 2. The Morgan fingerprint density at radius 2 is 1.71 bits per heavy atom. The first kappa shape index (κ1) is 15.6. The maximum Gasteiger partial charge on any atom is 0.119 e. The zero-order chi connectivity index (χ0) is 14.9. The van der Waals surface area contributed by atoms with Crippen LogP contribution in [0.1, 0.15) is 30.9 Å². The number of nitrogens with two attached hydrogens (primary N) is 1. The van der Waals surface area contributed by atoms with Crippen molar-refractivity contribution < 1.29 is 4.74 Å². The van der Waals surface area contributed by atoms with Crippen LogP contribution in [0.15, 0.2) is 54.6 Å². The van der Waals surface area contributed by atoms with E-state index in [2.05, 4.69) is 42.5 Å². The van der Waals surface area contributed by atoms with Gasteiger partial charge in [-0.3, -0.25) is 0 Å². The maximum atomic E-state index is 5.83. The van der Waals surface area contributed by atoms with Crippen molar-refractivity contribution in [1.29, 1.82) is 0 Å². The molecule has 2 N–H and O–H groups in total. The van der Waals surface area contributed by atoms with Gasteiger partial charge in [-0.05, 0) is 55.9 Å². The maximum absolute atomic E-state index is 5.83. The average molecular weight is 283 g/mol. The van der Waals surface area contributed by atoms with Gasteiger partial charge in [-0.2, -0.15) is 0 Å². The van der Waals surface area contributed by atoms with E-state index in [9.17, 15) is 0 Å². The highest BCUT2D eigenvalue weighted by Gasteiger charge is 2.00. The van der Waals surface area contributed by atoms with Gasteiger partial charge in [-0.15, -0.1) is 0 Å². The van der Waals surface area contributed by atoms with Crippen molar-refractivity contribution in [3.05, 3.63) is 65.7 Å². The third-order valence-electron chi connectivity index (χ3n) is 3.43. The van der Waals surface area contributed by atoms with Crippen molar-refractivity contribution in [3.63, 3.8) is 0 Å². The summed E-state index contributed by atoms with van der Waals surface area (Å²) >= 11 is 0. The van der Waals surface area contributed by atoms with Crippen molar-refractivity contribution in [3.8, 4) is 5.75 Å². The van der Waals surface area contributed by atoms with Crippen molar-refractivity contribution in [2.45, 2.75) is 38.6 Å². The quantitative estimate of drug-likeness (QED) is 0.744. The van der Waals surface area contributed by atoms with Gasteiger partial charge < -0.3 is 10.5 Å². The van der Waals surface area contributed by atoms with E-state index in [1.165, 1.54) is 11.1 Å². The molecular weight excluding hydrogens is 258 g/mol. The monoisotopic (exact) mass is 283 g/mol. The van der Waals surface area contributed by atoms with Crippen LogP contribution in [-0.2, 0) is 12.8 Å². The Morgan fingerprint density at radius 3 is 2.48 bits per heavy atom. The summed E-state index contributed by atoms with van der Waals surface area (Å²) in [5, 5.41) is 0. The molecule has 2 heteroatoms. The highest BCUT2D eigenvalue weighted by molar-refractivity contribution is 5.29. The number of aryl methyl sites for hydroxylation is 1. The number of hydrogen-bond acceptors (Lipinski definition) is 2. The van der Waals surface area contributed by atoms with E-state index in [0.717, 1.165) is 38.0 Å². The van der Waals surface area contributed by atoms with E-state index in [-0.39, 0.29) is 6.04 Å². The second-order valence-electron chi connectivity index (χ2n) is 5.62. The van der Waals surface area contributed by atoms with Gasteiger partial charge in [0.2, 0.25) is 0 Å². The van der Waals surface area contributed by atoms with Crippen LogP contribution < -0.4 is 10.5 Å². The van der Waals surface area contributed by atoms with Crippen molar-refractivity contribution in [1.82, 2.24) is 0 Å². The summed E-state index contributed by atoms with van der Waals surface area (Å²) in [6.45, 7) is 2.80. The van der Waals surface area contributed by atoms with Gasteiger partial charge in [0.25, 0.3) is 0 Å². The van der Waals surface area contributed by atoms with Gasteiger partial charge in [-0.1, -0.05) is 42.5 Å². The Kier molecular flexibility index (Phi) is 6.29. The lowest BCUT2D eigenvalue weighted by molar-refractivity contribution is 0.306. The molecule has 0 spiro atoms. The fourth-order valence-electron chi connectivity index (χ4n) is 2.40. The SMILES string of the molecule is CC(N)Cc1cccc(OCCCCc2ccccc2)c1. The molecule has 0 saturated carbocycles. The molecule has 21 heavy (non-hydrogen) atoms. The van der Waals surface area contributed by atoms with E-state index in [1.54, 1.807) is 0 Å². The van der Waals surface area contributed by atoms with Crippen molar-refractivity contribution in [2.75, 3.05) is 6.61 Å². The standard InChI is InChI=1S/C19H25NO/c1-16(20)14-18-11-7-12-19(15-18)21-13-6-5-10-17-8-3-2-4-9-17/h2-4,7-9,11-12,15-16H,5-6,10,13-14,20H2,1H3. The number of ether oxygens (including phenoxy) is 1. The summed E-state index contributed by atoms with van der Waals surface area (Å²) in [7, 11) is 0. The highest BCUT2D eigenvalue weighted by Crippen LogP contribution is 2.15. The fourth-order valence-corrected chi connectivity index (χ4v) is 2.40. The van der Waals surface area contributed by atoms with Crippen molar-refractivity contribution >= 4 is 0 Å². The fraction of sp³-hybridized carbons (Fsp3) is 0.368. The molecule has 0 amide bonds. The summed E-state index contributed by atoms with van der Waals surface area (Å²) in [6, 6.07) is 19.0. The molecule has 2 aromatic carbocycles. The van der Waals surface area contributed by atoms with Crippen LogP contribution in [0.3, 0.4) is 0 Å². The first-order valence-corrected chi connectivity index (χ1v) is 7.75. The molecule has 0 aromatic heterocycles. The Morgan fingerprint density at radius 1 is 0.952 bits per heavy atom. The molecule has 1 atom stereocenters. The van der Waals surface area contributed by atoms with E-state index in [4.69, 9.17) is 10.5 Å². The molecule has 0 heterocycles. The number of unbranched alkanes of at least 4 members (excludes halogenated alkanes) is 1. The predicted octanol–water partition coefficient (Wildman–Crippen LogP) is 3.98. The summed E-state index contributed by atoms with van der Waals surface area (Å²) in [5.41, 5.74) is 8.47. The van der Waals surface area contributed by atoms with Crippen LogP contribution in [-0.4, -0.2) is 12.6 Å². The average Bonchev–Trinajstić information content (AvgIpc) is 2.48. The normalized spacial score (nSPS) is 12.1. The number of hydrogen-bond donors (Lipinski definition) is 1. The first-order valence-electron chi connectivity index (χ1n) is 7.75. The van der Waals surface area contributed by atoms with E-state index in [0.29, 0.717) is 0 Å². The lowest BCUT2D eigenvalue weighted by Crippen LogP contribution is -2.17. The Labute approximate surface area is 127 Å². The number of rotatable bonds is 8. The molecule has 2 rings (SSSR count). The highest BCUT2D eigenvalue weighted by atomic mass is 16.5. The molecular formula is C19H25NO. The van der Waals surface area contributed by atoms with Gasteiger partial charge in [0, 0.05) is 6.04 Å². The minimum atomic E-state index is 0.186. The van der Waals surface area contributed by atoms with E-state index < -0.39 is 0 Å². The van der Waals surface area contributed by atoms with Gasteiger partial charge >= 0.3 is 0 Å². The van der Waals surface area contributed by atoms with Gasteiger partial charge in [0.05, 0.1) is 6.61 Å². The van der Waals surface area contributed by atoms with E-state index in [1.807, 2.05) is 19.1 Å². The van der Waals surface area contributed by atoms with E-state index >= 15 is 0 Å². The smallest absolute Gasteiger partial charge is 0.119 e. The third kappa shape index (κ3) is 6.01. The molecule has 0 fully saturated rings. The lowest BCUT2D eigenvalue weighted by Gasteiger charge is -2.09. The first-order chi connectivity index (χ1) is 10.2. The molecule has 0 bridgehead atoms. The molecule has 112 valence electrons. The summed E-state index contributed by atoms with van der Waals surface area (Å²) in [6.07, 6.45) is 4.25. The molecule has 0 radical (unpaired) electrons. The summed E-state index contributed by atoms with van der Waals surface area (Å²) in [4.78, 5) is 0. The molecule has 1 unspecified atom stereocenters. The van der Waals surface area contributed by atoms with Crippen LogP contribution in [0.2, 0.25) is 0 Å². The van der Waals surface area contributed by atoms with Gasteiger partial charge in [-0.25, -0.2) is 0 Å². The second kappa shape index (κ2) is 8.48. The third-order valence-corrected chi connectivity index (χ3v) is 3.43. The molecule has 0 aliphatic rings. The molecule has 0 saturated heterocycles. The van der Waals surface area contributed by atoms with Crippen LogP contribution in [0.25, 0.3) is 0 Å². The zero-order valence-electron chi connectivity index (χ0n) is 12.8. The summed E-state index contributed by atoms with van der Waals surface area (Å²) < 4.78 is 5.83. The van der Waals surface area contributed by atoms with Crippen LogP contribution in [0.5, 0.6) is 5.75 Å². The van der Waals surface area contributed by atoms with Crippen LogP contribution in [0, 0.1) is 0 Å². The molecule has 2 nitrogen and oxygen atoms in total. The Hall–Kier alpha value is -1.80. The van der Waals surface area contributed by atoms with Gasteiger partial charge in [0.15, 0.2) is 0 Å². The molecule has 0 aliphatic carbocycles. The Balaban J connectivity index is 1.69. The second-order valence-corrected chi connectivity index (χ2v) is 5.62. The largest absolute Gasteiger partial charge is 0.494 e. The molecule has 0 aliphatic heterocycles. The Bertz CT molecular complexity index is 522. The minimum absolute atomic E-state index is 0.186. The van der Waals surface area contributed by atoms with Crippen LogP contribution >= 0.6 is 0 Å². The lowest BCUT2D eigenvalue weighted by atomic mass is 10.1. The van der Waals surface area contributed by atoms with Crippen LogP contribution in [0.4, 0.5) is 0 Å². The summed E-state index contributed by atoms with van der Waals surface area (Å²) in [5.74, 6) is 0.952. The van der Waals surface area contributed by atoms with Gasteiger partial charge in [0.1, 0.15) is 5.75 Å².